The molecule has 0 amide bonds. The highest BCUT2D eigenvalue weighted by atomic mass is 16.5. The summed E-state index contributed by atoms with van der Waals surface area (Å²) in [5.74, 6) is 1.51. The summed E-state index contributed by atoms with van der Waals surface area (Å²) >= 11 is 0. The Balaban J connectivity index is 1.45. The molecular weight excluding hydrogens is 496 g/mol. The van der Waals surface area contributed by atoms with E-state index in [1.165, 1.54) is 24.5 Å². The van der Waals surface area contributed by atoms with E-state index in [1.807, 2.05) is 44.2 Å². The molecule has 1 heterocycles. The molecule has 0 bridgehead atoms. The van der Waals surface area contributed by atoms with Crippen LogP contribution in [0.2, 0.25) is 0 Å². The summed E-state index contributed by atoms with van der Waals surface area (Å²) in [5, 5.41) is 0.312. The number of esters is 1. The first-order chi connectivity index (χ1) is 18.7. The molecule has 3 aromatic carbocycles. The van der Waals surface area contributed by atoms with Crippen molar-refractivity contribution in [1.29, 1.82) is 0 Å². The molecule has 7 nitrogen and oxygen atoms in total. The molecule has 0 aliphatic carbocycles. The van der Waals surface area contributed by atoms with Gasteiger partial charge in [-0.05, 0) is 72.9 Å². The van der Waals surface area contributed by atoms with Crippen molar-refractivity contribution in [2.24, 2.45) is 0 Å². The first-order valence-electron chi connectivity index (χ1n) is 12.8. The summed E-state index contributed by atoms with van der Waals surface area (Å²) in [6.45, 7) is 11.2. The maximum atomic E-state index is 13.0. The first kappa shape index (κ1) is 27.5. The van der Waals surface area contributed by atoms with Gasteiger partial charge in [0.25, 0.3) is 0 Å². The van der Waals surface area contributed by atoms with Gasteiger partial charge in [-0.25, -0.2) is 4.79 Å². The SMILES string of the molecule is CCOc1ccc(/C=C/C(=O)Oc2ccc3c(=O)c(Oc4ccc(C(C)(C)C)cc4)coc3c2)cc1OCC. The molecule has 1 aromatic heterocycles. The molecule has 4 aromatic rings. The lowest BCUT2D eigenvalue weighted by atomic mass is 9.87. The zero-order valence-electron chi connectivity index (χ0n) is 22.8. The Morgan fingerprint density at radius 2 is 1.54 bits per heavy atom. The topological polar surface area (TPSA) is 84.2 Å². The highest BCUT2D eigenvalue weighted by Crippen LogP contribution is 2.30. The van der Waals surface area contributed by atoms with Gasteiger partial charge in [0, 0.05) is 12.1 Å². The quantitative estimate of drug-likeness (QED) is 0.128. The molecule has 4 rings (SSSR count). The Morgan fingerprint density at radius 1 is 0.846 bits per heavy atom. The molecule has 0 aliphatic rings. The van der Waals surface area contributed by atoms with Crippen molar-refractivity contribution in [2.75, 3.05) is 13.2 Å². The molecule has 0 fully saturated rings. The molecule has 0 radical (unpaired) electrons. The van der Waals surface area contributed by atoms with Crippen LogP contribution in [0.5, 0.6) is 28.7 Å². The second-order valence-electron chi connectivity index (χ2n) is 9.79. The lowest BCUT2D eigenvalue weighted by Gasteiger charge is -2.19. The van der Waals surface area contributed by atoms with E-state index in [0.717, 1.165) is 11.1 Å². The smallest absolute Gasteiger partial charge is 0.336 e. The Kier molecular flexibility index (Phi) is 8.39. The van der Waals surface area contributed by atoms with Crippen molar-refractivity contribution in [3.8, 4) is 28.7 Å². The molecule has 202 valence electrons. The minimum atomic E-state index is -0.581. The minimum absolute atomic E-state index is 0.0138. The van der Waals surface area contributed by atoms with Gasteiger partial charge in [0.05, 0.1) is 18.6 Å². The molecule has 0 unspecified atom stereocenters. The van der Waals surface area contributed by atoms with Gasteiger partial charge in [-0.15, -0.1) is 0 Å². The van der Waals surface area contributed by atoms with Gasteiger partial charge in [0.15, 0.2) is 11.5 Å². The third-order valence-electron chi connectivity index (χ3n) is 5.86. The van der Waals surface area contributed by atoms with Crippen LogP contribution < -0.4 is 24.4 Å². The fraction of sp³-hybridized carbons (Fsp3) is 0.250. The van der Waals surface area contributed by atoms with Gasteiger partial charge < -0.3 is 23.4 Å². The largest absolute Gasteiger partial charge is 0.490 e. The van der Waals surface area contributed by atoms with Gasteiger partial charge >= 0.3 is 5.97 Å². The third-order valence-corrected chi connectivity index (χ3v) is 5.86. The van der Waals surface area contributed by atoms with Crippen LogP contribution in [0.15, 0.2) is 82.2 Å². The molecule has 39 heavy (non-hydrogen) atoms. The van der Waals surface area contributed by atoms with Gasteiger partial charge in [0.2, 0.25) is 11.2 Å². The monoisotopic (exact) mass is 528 g/mol. The fourth-order valence-corrected chi connectivity index (χ4v) is 3.86. The average Bonchev–Trinajstić information content (AvgIpc) is 2.90. The summed E-state index contributed by atoms with van der Waals surface area (Å²) < 4.78 is 28.0. The van der Waals surface area contributed by atoms with E-state index in [2.05, 4.69) is 20.8 Å². The second-order valence-corrected chi connectivity index (χ2v) is 9.79. The van der Waals surface area contributed by atoms with Crippen molar-refractivity contribution < 1.29 is 28.2 Å². The minimum Gasteiger partial charge on any atom is -0.490 e. The number of benzene rings is 3. The zero-order chi connectivity index (χ0) is 28.0. The number of hydrogen-bond acceptors (Lipinski definition) is 7. The maximum Gasteiger partial charge on any atom is 0.336 e. The maximum absolute atomic E-state index is 13.0. The van der Waals surface area contributed by atoms with Crippen molar-refractivity contribution in [1.82, 2.24) is 0 Å². The summed E-state index contributed by atoms with van der Waals surface area (Å²) in [5.41, 5.74) is 1.88. The molecule has 0 saturated heterocycles. The van der Waals surface area contributed by atoms with E-state index < -0.39 is 5.97 Å². The molecule has 7 heteroatoms. The number of hydrogen-bond donors (Lipinski definition) is 0. The lowest BCUT2D eigenvalue weighted by molar-refractivity contribution is -0.128. The van der Waals surface area contributed by atoms with Gasteiger partial charge in [0.1, 0.15) is 23.3 Å². The predicted octanol–water partition coefficient (Wildman–Crippen LogP) is 7.30. The van der Waals surface area contributed by atoms with E-state index in [-0.39, 0.29) is 27.9 Å². The van der Waals surface area contributed by atoms with E-state index in [0.29, 0.717) is 35.8 Å². The van der Waals surface area contributed by atoms with Crippen molar-refractivity contribution in [3.05, 3.63) is 94.4 Å². The third kappa shape index (κ3) is 6.87. The van der Waals surface area contributed by atoms with Crippen LogP contribution in [-0.2, 0) is 10.2 Å². The normalized spacial score (nSPS) is 11.5. The van der Waals surface area contributed by atoms with Crippen molar-refractivity contribution in [3.63, 3.8) is 0 Å². The standard InChI is InChI=1S/C32H32O7/c1-6-35-26-16-8-21(18-28(26)36-7-2)9-17-30(33)39-24-14-15-25-27(19-24)37-20-29(31(25)34)38-23-12-10-22(11-13-23)32(3,4)5/h8-20H,6-7H2,1-5H3/b17-9+. The van der Waals surface area contributed by atoms with Crippen molar-refractivity contribution in [2.45, 2.75) is 40.0 Å². The van der Waals surface area contributed by atoms with E-state index >= 15 is 0 Å². The summed E-state index contributed by atoms with van der Waals surface area (Å²) in [7, 11) is 0. The Bertz CT molecular complexity index is 1540. The molecular formula is C32H32O7. The summed E-state index contributed by atoms with van der Waals surface area (Å²) in [4.78, 5) is 25.4. The Hall–Kier alpha value is -4.52. The van der Waals surface area contributed by atoms with Crippen LogP contribution in [0.25, 0.3) is 17.0 Å². The number of fused-ring (bicyclic) bond motifs is 1. The number of carbonyl (C=O) groups is 1. The number of ether oxygens (including phenoxy) is 4. The predicted molar refractivity (Wildman–Crippen MR) is 151 cm³/mol. The molecule has 0 saturated carbocycles. The number of rotatable bonds is 9. The van der Waals surface area contributed by atoms with Gasteiger partial charge in [-0.1, -0.05) is 39.0 Å². The van der Waals surface area contributed by atoms with Crippen molar-refractivity contribution >= 4 is 23.0 Å². The zero-order valence-corrected chi connectivity index (χ0v) is 22.8. The van der Waals surface area contributed by atoms with Crippen LogP contribution in [0.3, 0.4) is 0 Å². The van der Waals surface area contributed by atoms with Gasteiger partial charge in [-0.2, -0.15) is 0 Å². The first-order valence-corrected chi connectivity index (χ1v) is 12.8. The highest BCUT2D eigenvalue weighted by molar-refractivity contribution is 5.89. The summed E-state index contributed by atoms with van der Waals surface area (Å²) in [6.07, 6.45) is 4.20. The number of carbonyl (C=O) groups excluding carboxylic acids is 1. The van der Waals surface area contributed by atoms with Crippen LogP contribution in [0.1, 0.15) is 45.7 Å². The van der Waals surface area contributed by atoms with Crippen LogP contribution in [0, 0.1) is 0 Å². The lowest BCUT2D eigenvalue weighted by Crippen LogP contribution is -2.10. The van der Waals surface area contributed by atoms with Gasteiger partial charge in [-0.3, -0.25) is 4.79 Å². The highest BCUT2D eigenvalue weighted by Gasteiger charge is 2.15. The Labute approximate surface area is 227 Å². The van der Waals surface area contributed by atoms with E-state index in [1.54, 1.807) is 24.3 Å². The van der Waals surface area contributed by atoms with Crippen LogP contribution in [0.4, 0.5) is 0 Å². The van der Waals surface area contributed by atoms with Crippen LogP contribution >= 0.6 is 0 Å². The molecule has 0 N–H and O–H groups in total. The van der Waals surface area contributed by atoms with E-state index in [4.69, 9.17) is 23.4 Å². The molecule has 0 atom stereocenters. The molecule has 0 spiro atoms. The average molecular weight is 529 g/mol. The summed E-state index contributed by atoms with van der Waals surface area (Å²) in [6, 6.07) is 17.6. The fourth-order valence-electron chi connectivity index (χ4n) is 3.86. The van der Waals surface area contributed by atoms with E-state index in [9.17, 15) is 9.59 Å². The Morgan fingerprint density at radius 3 is 2.23 bits per heavy atom. The van der Waals surface area contributed by atoms with Crippen LogP contribution in [-0.4, -0.2) is 19.2 Å². The second kappa shape index (κ2) is 11.9. The molecule has 0 aliphatic heterocycles.